The first-order valence-electron chi connectivity index (χ1n) is 7.95. The van der Waals surface area contributed by atoms with Crippen LogP contribution in [0.2, 0.25) is 0 Å². The van der Waals surface area contributed by atoms with Crippen LogP contribution in [0.4, 0.5) is 5.69 Å². The van der Waals surface area contributed by atoms with Gasteiger partial charge in [-0.15, -0.1) is 0 Å². The monoisotopic (exact) mass is 290 g/mol. The number of hydrogen-bond donors (Lipinski definition) is 2. The molecule has 0 radical (unpaired) electrons. The van der Waals surface area contributed by atoms with E-state index in [-0.39, 0.29) is 11.4 Å². The summed E-state index contributed by atoms with van der Waals surface area (Å²) in [5.41, 5.74) is 7.38. The molecule has 1 heterocycles. The fourth-order valence-corrected chi connectivity index (χ4v) is 3.49. The van der Waals surface area contributed by atoms with E-state index in [1.807, 2.05) is 10.8 Å². The van der Waals surface area contributed by atoms with Crippen molar-refractivity contribution in [3.05, 3.63) is 18.0 Å². The molecule has 21 heavy (non-hydrogen) atoms. The Balaban J connectivity index is 1.69. The van der Waals surface area contributed by atoms with Crippen LogP contribution in [-0.2, 0) is 0 Å². The summed E-state index contributed by atoms with van der Waals surface area (Å²) in [7, 11) is 4.23. The van der Waals surface area contributed by atoms with Gasteiger partial charge in [0, 0.05) is 24.3 Å². The van der Waals surface area contributed by atoms with Gasteiger partial charge in [-0.05, 0) is 45.8 Å². The van der Waals surface area contributed by atoms with E-state index in [1.165, 1.54) is 12.8 Å². The predicted molar refractivity (Wildman–Crippen MR) is 84.3 cm³/mol. The maximum atomic E-state index is 12.5. The zero-order chi connectivity index (χ0) is 15.0. The minimum absolute atomic E-state index is 0.00623. The molecule has 2 aliphatic rings. The Morgan fingerprint density at radius 1 is 1.43 bits per heavy atom. The van der Waals surface area contributed by atoms with Crippen LogP contribution in [0.25, 0.3) is 0 Å². The number of aromatic nitrogens is 1. The highest BCUT2D eigenvalue weighted by atomic mass is 16.2. The molecule has 2 aliphatic carbocycles. The van der Waals surface area contributed by atoms with E-state index in [2.05, 4.69) is 24.3 Å². The number of hydrogen-bond acceptors (Lipinski definition) is 3. The van der Waals surface area contributed by atoms with Crippen molar-refractivity contribution >= 4 is 11.6 Å². The summed E-state index contributed by atoms with van der Waals surface area (Å²) in [6, 6.07) is 2.27. The maximum absolute atomic E-state index is 12.5. The highest BCUT2D eigenvalue weighted by Gasteiger charge is 2.36. The molecule has 0 saturated heterocycles. The lowest BCUT2D eigenvalue weighted by Gasteiger charge is -2.36. The second-order valence-corrected chi connectivity index (χ2v) is 6.81. The third-order valence-electron chi connectivity index (χ3n) is 5.10. The first-order valence-corrected chi connectivity index (χ1v) is 7.95. The lowest BCUT2D eigenvalue weighted by Crippen LogP contribution is -2.51. The molecule has 0 aliphatic heterocycles. The Hall–Kier alpha value is -1.49. The number of amides is 1. The van der Waals surface area contributed by atoms with Gasteiger partial charge in [0.05, 0.1) is 5.69 Å². The summed E-state index contributed by atoms with van der Waals surface area (Å²) in [5, 5.41) is 3.14. The zero-order valence-corrected chi connectivity index (χ0v) is 13.1. The molecule has 0 unspecified atom stereocenters. The van der Waals surface area contributed by atoms with Gasteiger partial charge in [-0.25, -0.2) is 0 Å². The molecular formula is C16H26N4O. The standard InChI is InChI=1S/C16H26N4O/c1-19(2)16(7-3-4-8-16)11-18-15(21)14-9-12(17)10-20(14)13-5-6-13/h9-10,13H,3-8,11,17H2,1-2H3,(H,18,21). The minimum Gasteiger partial charge on any atom is -0.397 e. The van der Waals surface area contributed by atoms with E-state index >= 15 is 0 Å². The van der Waals surface area contributed by atoms with Crippen LogP contribution < -0.4 is 11.1 Å². The fourth-order valence-electron chi connectivity index (χ4n) is 3.49. The molecule has 3 N–H and O–H groups in total. The van der Waals surface area contributed by atoms with Gasteiger partial charge in [0.15, 0.2) is 0 Å². The van der Waals surface area contributed by atoms with Crippen LogP contribution in [0.1, 0.15) is 55.1 Å². The number of nitrogens with zero attached hydrogens (tertiary/aromatic N) is 2. The van der Waals surface area contributed by atoms with Crippen LogP contribution in [-0.4, -0.2) is 41.6 Å². The Bertz CT molecular complexity index is 524. The number of anilines is 1. The zero-order valence-electron chi connectivity index (χ0n) is 13.1. The first-order chi connectivity index (χ1) is 10.0. The van der Waals surface area contributed by atoms with Crippen molar-refractivity contribution in [1.82, 2.24) is 14.8 Å². The third kappa shape index (κ3) is 2.79. The number of nitrogens with one attached hydrogen (secondary N) is 1. The molecule has 5 nitrogen and oxygen atoms in total. The van der Waals surface area contributed by atoms with Crippen LogP contribution in [0.3, 0.4) is 0 Å². The van der Waals surface area contributed by atoms with Crippen molar-refractivity contribution in [2.75, 3.05) is 26.4 Å². The first kappa shape index (κ1) is 14.4. The average molecular weight is 290 g/mol. The van der Waals surface area contributed by atoms with Crippen molar-refractivity contribution in [1.29, 1.82) is 0 Å². The number of carbonyl (C=O) groups is 1. The normalized spacial score (nSPS) is 20.9. The number of nitrogen functional groups attached to an aromatic ring is 1. The van der Waals surface area contributed by atoms with Gasteiger partial charge < -0.3 is 20.5 Å². The number of likely N-dealkylation sites (N-methyl/N-ethyl adjacent to an activating group) is 1. The van der Waals surface area contributed by atoms with Crippen LogP contribution in [0.15, 0.2) is 12.3 Å². The molecule has 1 aromatic heterocycles. The molecule has 2 fully saturated rings. The number of carbonyl (C=O) groups excluding carboxylic acids is 1. The molecule has 0 spiro atoms. The molecular weight excluding hydrogens is 264 g/mol. The molecule has 1 amide bonds. The molecule has 0 bridgehead atoms. The van der Waals surface area contributed by atoms with Gasteiger partial charge in [-0.1, -0.05) is 12.8 Å². The molecule has 3 rings (SSSR count). The van der Waals surface area contributed by atoms with Crippen LogP contribution in [0.5, 0.6) is 0 Å². The summed E-state index contributed by atoms with van der Waals surface area (Å²) in [6.45, 7) is 0.717. The summed E-state index contributed by atoms with van der Waals surface area (Å²) >= 11 is 0. The smallest absolute Gasteiger partial charge is 0.268 e. The second-order valence-electron chi connectivity index (χ2n) is 6.81. The van der Waals surface area contributed by atoms with Crippen LogP contribution in [0, 0.1) is 0 Å². The Labute approximate surface area is 126 Å². The topological polar surface area (TPSA) is 63.3 Å². The van der Waals surface area contributed by atoms with E-state index in [0.29, 0.717) is 24.0 Å². The lowest BCUT2D eigenvalue weighted by molar-refractivity contribution is 0.0891. The fraction of sp³-hybridized carbons (Fsp3) is 0.688. The SMILES string of the molecule is CN(C)C1(CNC(=O)c2cc(N)cn2C2CC2)CCCC1. The van der Waals surface area contributed by atoms with E-state index in [9.17, 15) is 4.79 Å². The summed E-state index contributed by atoms with van der Waals surface area (Å²) < 4.78 is 2.04. The molecule has 1 aromatic rings. The second kappa shape index (κ2) is 5.37. The van der Waals surface area contributed by atoms with E-state index in [4.69, 9.17) is 5.73 Å². The Kier molecular flexibility index (Phi) is 3.69. The van der Waals surface area contributed by atoms with Gasteiger partial charge in [0.25, 0.3) is 5.91 Å². The van der Waals surface area contributed by atoms with Gasteiger partial charge in [-0.3, -0.25) is 4.79 Å². The number of nitrogens with two attached hydrogens (primary N) is 1. The van der Waals surface area contributed by atoms with Gasteiger partial charge in [-0.2, -0.15) is 0 Å². The average Bonchev–Trinajstić information content (AvgIpc) is 3.04. The quantitative estimate of drug-likeness (QED) is 0.872. The van der Waals surface area contributed by atoms with E-state index < -0.39 is 0 Å². The van der Waals surface area contributed by atoms with Gasteiger partial charge in [0.2, 0.25) is 0 Å². The van der Waals surface area contributed by atoms with E-state index in [0.717, 1.165) is 25.7 Å². The predicted octanol–water partition coefficient (Wildman–Crippen LogP) is 2.01. The van der Waals surface area contributed by atoms with Crippen molar-refractivity contribution in [2.45, 2.75) is 50.1 Å². The largest absolute Gasteiger partial charge is 0.397 e. The summed E-state index contributed by atoms with van der Waals surface area (Å²) in [5.74, 6) is 0.00623. The highest BCUT2D eigenvalue weighted by molar-refractivity contribution is 5.94. The third-order valence-corrected chi connectivity index (χ3v) is 5.10. The van der Waals surface area contributed by atoms with Gasteiger partial charge >= 0.3 is 0 Å². The van der Waals surface area contributed by atoms with Crippen molar-refractivity contribution in [3.8, 4) is 0 Å². The lowest BCUT2D eigenvalue weighted by atomic mass is 9.96. The Morgan fingerprint density at radius 2 is 2.10 bits per heavy atom. The van der Waals surface area contributed by atoms with E-state index in [1.54, 1.807) is 6.07 Å². The summed E-state index contributed by atoms with van der Waals surface area (Å²) in [4.78, 5) is 14.8. The van der Waals surface area contributed by atoms with Crippen LogP contribution >= 0.6 is 0 Å². The molecule has 0 atom stereocenters. The Morgan fingerprint density at radius 3 is 2.67 bits per heavy atom. The highest BCUT2D eigenvalue weighted by Crippen LogP contribution is 2.37. The van der Waals surface area contributed by atoms with Crippen molar-refractivity contribution in [3.63, 3.8) is 0 Å². The van der Waals surface area contributed by atoms with Crippen molar-refractivity contribution in [2.24, 2.45) is 0 Å². The number of rotatable bonds is 5. The molecule has 116 valence electrons. The summed E-state index contributed by atoms with van der Waals surface area (Å²) in [6.07, 6.45) is 9.01. The van der Waals surface area contributed by atoms with Crippen molar-refractivity contribution < 1.29 is 4.79 Å². The van der Waals surface area contributed by atoms with Gasteiger partial charge in [0.1, 0.15) is 5.69 Å². The molecule has 5 heteroatoms. The molecule has 2 saturated carbocycles. The maximum Gasteiger partial charge on any atom is 0.268 e. The molecule has 0 aromatic carbocycles. The minimum atomic E-state index is 0.00623.